The molecule has 0 radical (unpaired) electrons. The highest BCUT2D eigenvalue weighted by Crippen LogP contribution is 2.44. The summed E-state index contributed by atoms with van der Waals surface area (Å²) in [4.78, 5) is 26.1. The van der Waals surface area contributed by atoms with Crippen LogP contribution in [0.25, 0.3) is 0 Å². The number of hydrogen-bond donors (Lipinski definition) is 1. The first-order chi connectivity index (χ1) is 13.5. The maximum Gasteiger partial charge on any atom is 0.223 e. The van der Waals surface area contributed by atoms with Crippen molar-refractivity contribution < 1.29 is 4.79 Å². The van der Waals surface area contributed by atoms with E-state index in [0.29, 0.717) is 17.4 Å². The summed E-state index contributed by atoms with van der Waals surface area (Å²) in [6, 6.07) is 11.2. The average Bonchev–Trinajstić information content (AvgIpc) is 2.93. The fourth-order valence-electron chi connectivity index (χ4n) is 5.59. The highest BCUT2D eigenvalue weighted by atomic mass is 16.1. The number of anilines is 1. The van der Waals surface area contributed by atoms with Gasteiger partial charge in [0.25, 0.3) is 0 Å². The average molecular weight is 377 g/mol. The summed E-state index contributed by atoms with van der Waals surface area (Å²) in [5.74, 6) is 1.18. The number of rotatable bonds is 4. The lowest BCUT2D eigenvalue weighted by molar-refractivity contribution is 0.0436. The van der Waals surface area contributed by atoms with Crippen molar-refractivity contribution in [1.29, 1.82) is 0 Å². The highest BCUT2D eigenvalue weighted by molar-refractivity contribution is 5.94. The smallest absolute Gasteiger partial charge is 0.223 e. The third-order valence-electron chi connectivity index (χ3n) is 6.79. The molecule has 0 amide bonds. The van der Waals surface area contributed by atoms with Gasteiger partial charge in [-0.25, -0.2) is 9.97 Å². The fraction of sp³-hybridized carbons (Fsp3) is 0.500. The van der Waals surface area contributed by atoms with E-state index >= 15 is 0 Å². The number of nitrogens with one attached hydrogen (secondary N) is 1. The lowest BCUT2D eigenvalue weighted by Gasteiger charge is -2.55. The number of hydrogen-bond acceptors (Lipinski definition) is 6. The second-order valence-electron chi connectivity index (χ2n) is 8.62. The zero-order chi connectivity index (χ0) is 19.3. The molecule has 4 bridgehead atoms. The molecule has 0 saturated carbocycles. The molecule has 5 heterocycles. The van der Waals surface area contributed by atoms with Crippen LogP contribution in [-0.2, 0) is 5.41 Å². The molecule has 6 rings (SSSR count). The number of aromatic nitrogens is 2. The molecule has 28 heavy (non-hydrogen) atoms. The van der Waals surface area contributed by atoms with E-state index in [-0.39, 0.29) is 17.2 Å². The Bertz CT molecular complexity index is 883. The van der Waals surface area contributed by atoms with Crippen molar-refractivity contribution in [2.45, 2.75) is 25.3 Å². The number of carbonyl (C=O) groups excluding carboxylic acids is 1. The molecule has 1 N–H and O–H groups in total. The van der Waals surface area contributed by atoms with Gasteiger partial charge in [0.05, 0.1) is 11.3 Å². The van der Waals surface area contributed by atoms with Crippen molar-refractivity contribution in [3.05, 3.63) is 53.3 Å². The van der Waals surface area contributed by atoms with E-state index in [4.69, 9.17) is 0 Å². The number of fused-ring (bicyclic) bond motifs is 1. The summed E-state index contributed by atoms with van der Waals surface area (Å²) in [7, 11) is 0. The normalized spacial score (nSPS) is 33.5. The molecule has 4 aliphatic rings. The number of nitrogens with zero attached hydrogens (tertiary/aromatic N) is 4. The lowest BCUT2D eigenvalue weighted by Crippen LogP contribution is -2.68. The molecule has 1 aromatic heterocycles. The van der Waals surface area contributed by atoms with Crippen molar-refractivity contribution >= 4 is 11.7 Å². The predicted octanol–water partition coefficient (Wildman–Crippen LogP) is 1.97. The second-order valence-corrected chi connectivity index (χ2v) is 8.62. The molecule has 4 fully saturated rings. The van der Waals surface area contributed by atoms with Crippen molar-refractivity contribution in [2.24, 2.45) is 5.92 Å². The maximum atomic E-state index is 11.7. The fourth-order valence-corrected chi connectivity index (χ4v) is 5.59. The van der Waals surface area contributed by atoms with Gasteiger partial charge in [-0.15, -0.1) is 0 Å². The summed E-state index contributed by atoms with van der Waals surface area (Å²) in [6.07, 6.45) is 1.66. The van der Waals surface area contributed by atoms with Crippen molar-refractivity contribution in [2.75, 3.05) is 44.6 Å². The van der Waals surface area contributed by atoms with Crippen LogP contribution in [0.3, 0.4) is 0 Å². The van der Waals surface area contributed by atoms with Gasteiger partial charge in [-0.05, 0) is 19.4 Å². The largest absolute Gasteiger partial charge is 0.350 e. The van der Waals surface area contributed by atoms with Gasteiger partial charge in [0.15, 0.2) is 5.78 Å². The number of ketones is 1. The Kier molecular flexibility index (Phi) is 4.21. The Morgan fingerprint density at radius 2 is 1.82 bits per heavy atom. The van der Waals surface area contributed by atoms with E-state index in [2.05, 4.69) is 55.4 Å². The number of aryl methyl sites for hydroxylation is 1. The first-order valence-corrected chi connectivity index (χ1v) is 10.2. The number of carbonyl (C=O) groups is 1. The van der Waals surface area contributed by atoms with E-state index in [1.165, 1.54) is 5.56 Å². The molecule has 4 saturated heterocycles. The summed E-state index contributed by atoms with van der Waals surface area (Å²) in [5, 5.41) is 3.71. The Hall–Kier alpha value is -2.31. The van der Waals surface area contributed by atoms with Crippen LogP contribution in [0.5, 0.6) is 0 Å². The van der Waals surface area contributed by atoms with Gasteiger partial charge in [0, 0.05) is 62.8 Å². The Morgan fingerprint density at radius 1 is 1.14 bits per heavy atom. The molecule has 2 aromatic rings. The van der Waals surface area contributed by atoms with E-state index < -0.39 is 0 Å². The topological polar surface area (TPSA) is 61.4 Å². The van der Waals surface area contributed by atoms with Crippen LogP contribution in [0.4, 0.5) is 5.95 Å². The summed E-state index contributed by atoms with van der Waals surface area (Å²) >= 11 is 0. The van der Waals surface area contributed by atoms with E-state index in [1.807, 2.05) is 6.92 Å². The predicted molar refractivity (Wildman–Crippen MR) is 109 cm³/mol. The van der Waals surface area contributed by atoms with Crippen LogP contribution in [0, 0.1) is 12.8 Å². The van der Waals surface area contributed by atoms with Crippen LogP contribution < -0.4 is 5.32 Å². The molecule has 0 aliphatic carbocycles. The van der Waals surface area contributed by atoms with Gasteiger partial charge in [0.2, 0.25) is 5.95 Å². The first-order valence-electron chi connectivity index (χ1n) is 10.2. The maximum absolute atomic E-state index is 11.7. The van der Waals surface area contributed by atoms with Crippen LogP contribution in [0.2, 0.25) is 0 Å². The summed E-state index contributed by atoms with van der Waals surface area (Å²) in [5.41, 5.74) is 2.76. The third-order valence-corrected chi connectivity index (χ3v) is 6.79. The monoisotopic (exact) mass is 377 g/mol. The quantitative estimate of drug-likeness (QED) is 0.822. The molecule has 6 nitrogen and oxygen atoms in total. The standard InChI is InChI=1S/C22H27N5O/c1-15-19(16(2)28)10-23-21(24-15)25-20-17-11-26-8-9-27(12-17)14-22(20,13-26)18-6-4-3-5-7-18/h3-7,10,17,20H,8-9,11-14H2,1-2H3,(H,23,24,25). The number of Topliss-reactive ketones (excluding diaryl/α,β-unsaturated/α-hetero) is 1. The lowest BCUT2D eigenvalue weighted by atomic mass is 9.64. The highest BCUT2D eigenvalue weighted by Gasteiger charge is 2.55. The van der Waals surface area contributed by atoms with E-state index in [9.17, 15) is 4.79 Å². The van der Waals surface area contributed by atoms with Gasteiger partial charge in [0.1, 0.15) is 0 Å². The molecule has 4 aliphatic heterocycles. The molecular formula is C22H27N5O. The Morgan fingerprint density at radius 3 is 2.43 bits per heavy atom. The molecule has 3 unspecified atom stereocenters. The summed E-state index contributed by atoms with van der Waals surface area (Å²) < 4.78 is 0. The number of piperidine rings is 2. The molecule has 3 atom stereocenters. The molecule has 1 aromatic carbocycles. The zero-order valence-corrected chi connectivity index (χ0v) is 16.6. The van der Waals surface area contributed by atoms with Crippen LogP contribution in [-0.4, -0.2) is 70.9 Å². The van der Waals surface area contributed by atoms with Crippen molar-refractivity contribution in [3.8, 4) is 0 Å². The summed E-state index contributed by atoms with van der Waals surface area (Å²) in [6.45, 7) is 10.1. The van der Waals surface area contributed by atoms with Gasteiger partial charge in [-0.3, -0.25) is 4.79 Å². The van der Waals surface area contributed by atoms with E-state index in [0.717, 1.165) is 45.0 Å². The molecule has 6 heteroatoms. The number of benzene rings is 1. The first kappa shape index (κ1) is 17.8. The zero-order valence-electron chi connectivity index (χ0n) is 16.6. The SMILES string of the molecule is CC(=O)c1cnc(NC2C3CN4CCN(C3)CC2(c2ccccc2)C4)nc1C. The van der Waals surface area contributed by atoms with Crippen LogP contribution in [0.1, 0.15) is 28.5 Å². The third kappa shape index (κ3) is 2.83. The van der Waals surface area contributed by atoms with Gasteiger partial charge >= 0.3 is 0 Å². The van der Waals surface area contributed by atoms with E-state index in [1.54, 1.807) is 13.1 Å². The van der Waals surface area contributed by atoms with Gasteiger partial charge < -0.3 is 15.1 Å². The minimum absolute atomic E-state index is 0.0107. The molecular weight excluding hydrogens is 350 g/mol. The van der Waals surface area contributed by atoms with Crippen LogP contribution in [0.15, 0.2) is 36.5 Å². The minimum Gasteiger partial charge on any atom is -0.350 e. The van der Waals surface area contributed by atoms with Gasteiger partial charge in [-0.2, -0.15) is 0 Å². The Balaban J connectivity index is 1.54. The van der Waals surface area contributed by atoms with Crippen molar-refractivity contribution in [1.82, 2.24) is 19.8 Å². The minimum atomic E-state index is 0.0107. The van der Waals surface area contributed by atoms with Gasteiger partial charge in [-0.1, -0.05) is 30.3 Å². The molecule has 0 spiro atoms. The van der Waals surface area contributed by atoms with Crippen molar-refractivity contribution in [3.63, 3.8) is 0 Å². The molecule has 146 valence electrons. The Labute approximate surface area is 166 Å². The van der Waals surface area contributed by atoms with Crippen LogP contribution >= 0.6 is 0 Å². The second kappa shape index (κ2) is 6.64.